The second-order valence-electron chi connectivity index (χ2n) is 8.08. The Morgan fingerprint density at radius 1 is 0.931 bits per heavy atom. The summed E-state index contributed by atoms with van der Waals surface area (Å²) in [7, 11) is -2.99. The lowest BCUT2D eigenvalue weighted by atomic mass is 9.87. The fourth-order valence-electron chi connectivity index (χ4n) is 3.23. The second kappa shape index (κ2) is 10.2. The number of rotatable bonds is 11. The van der Waals surface area contributed by atoms with E-state index in [-0.39, 0.29) is 16.8 Å². The molecule has 1 unspecified atom stereocenters. The summed E-state index contributed by atoms with van der Waals surface area (Å²) in [5.41, 5.74) is 1.44. The van der Waals surface area contributed by atoms with Crippen molar-refractivity contribution in [2.45, 2.75) is 63.7 Å². The lowest BCUT2D eigenvalue weighted by Gasteiger charge is -2.24. The Hall–Kier alpha value is -1.98. The minimum atomic E-state index is -2.99. The maximum atomic E-state index is 12.2. The van der Waals surface area contributed by atoms with Crippen molar-refractivity contribution in [1.29, 1.82) is 0 Å². The largest absolute Gasteiger partial charge is 0.381 e. The topological polar surface area (TPSA) is 71.4 Å². The van der Waals surface area contributed by atoms with Gasteiger partial charge in [-0.25, -0.2) is 8.42 Å². The van der Waals surface area contributed by atoms with Crippen LogP contribution in [0.2, 0.25) is 0 Å². The van der Waals surface area contributed by atoms with Gasteiger partial charge in [0.25, 0.3) is 0 Å². The first-order valence-electron chi connectivity index (χ1n) is 10.2. The molecule has 0 amide bonds. The van der Waals surface area contributed by atoms with E-state index in [1.165, 1.54) is 0 Å². The van der Waals surface area contributed by atoms with E-state index in [1.807, 2.05) is 54.6 Å². The van der Waals surface area contributed by atoms with Crippen molar-refractivity contribution >= 4 is 15.6 Å². The number of unbranched alkanes of at least 4 members (excludes halogenated alkanes) is 2. The average Bonchev–Trinajstić information content (AvgIpc) is 2.68. The Kier molecular flexibility index (Phi) is 8.17. The summed E-state index contributed by atoms with van der Waals surface area (Å²) in [6.45, 7) is 5.16. The molecule has 0 spiro atoms. The lowest BCUT2D eigenvalue weighted by Crippen LogP contribution is -2.22. The number of hydrogen-bond donors (Lipinski definition) is 1. The Morgan fingerprint density at radius 2 is 1.52 bits per heavy atom. The number of carbonyl (C=O) groups excluding carboxylic acids is 1. The normalized spacial score (nSPS) is 14.0. The SMILES string of the molecule is CC(C)S(=O)(=O)CCCCCC(=O)Cc1ccc(C(C)(O)c2ccccc2)cc1. The van der Waals surface area contributed by atoms with Gasteiger partial charge in [0.1, 0.15) is 11.4 Å². The number of carbonyl (C=O) groups is 1. The molecule has 0 saturated heterocycles. The van der Waals surface area contributed by atoms with Gasteiger partial charge >= 0.3 is 0 Å². The molecule has 0 aliphatic rings. The van der Waals surface area contributed by atoms with Gasteiger partial charge in [-0.15, -0.1) is 0 Å². The fraction of sp³-hybridized carbons (Fsp3) is 0.458. The fourth-order valence-corrected chi connectivity index (χ4v) is 4.31. The van der Waals surface area contributed by atoms with Gasteiger partial charge in [-0.3, -0.25) is 4.79 Å². The van der Waals surface area contributed by atoms with E-state index < -0.39 is 15.4 Å². The van der Waals surface area contributed by atoms with Crippen molar-refractivity contribution in [2.24, 2.45) is 0 Å². The zero-order chi connectivity index (χ0) is 21.5. The van der Waals surface area contributed by atoms with Crippen LogP contribution in [0.25, 0.3) is 0 Å². The average molecular weight is 417 g/mol. The number of hydrogen-bond acceptors (Lipinski definition) is 4. The van der Waals surface area contributed by atoms with E-state index in [4.69, 9.17) is 0 Å². The van der Waals surface area contributed by atoms with Gasteiger partial charge in [-0.1, -0.05) is 61.0 Å². The molecule has 2 aromatic rings. The van der Waals surface area contributed by atoms with Gasteiger partial charge in [0.2, 0.25) is 0 Å². The molecule has 1 atom stereocenters. The molecular formula is C24H32O4S. The van der Waals surface area contributed by atoms with Crippen molar-refractivity contribution in [3.8, 4) is 0 Å². The van der Waals surface area contributed by atoms with Gasteiger partial charge < -0.3 is 5.11 Å². The number of sulfone groups is 1. The molecule has 0 radical (unpaired) electrons. The maximum absolute atomic E-state index is 12.2. The molecule has 0 saturated carbocycles. The molecule has 158 valence electrons. The van der Waals surface area contributed by atoms with Gasteiger partial charge in [-0.2, -0.15) is 0 Å². The predicted molar refractivity (Wildman–Crippen MR) is 118 cm³/mol. The van der Waals surface area contributed by atoms with Crippen molar-refractivity contribution < 1.29 is 18.3 Å². The van der Waals surface area contributed by atoms with Crippen LogP contribution in [0.5, 0.6) is 0 Å². The number of ketones is 1. The van der Waals surface area contributed by atoms with Crippen LogP contribution in [0.3, 0.4) is 0 Å². The zero-order valence-corrected chi connectivity index (χ0v) is 18.4. The molecule has 0 heterocycles. The van der Waals surface area contributed by atoms with E-state index in [0.717, 1.165) is 23.1 Å². The summed E-state index contributed by atoms with van der Waals surface area (Å²) in [6.07, 6.45) is 2.89. The molecular weight excluding hydrogens is 384 g/mol. The molecule has 2 aromatic carbocycles. The second-order valence-corrected chi connectivity index (χ2v) is 10.8. The number of aliphatic hydroxyl groups is 1. The Bertz CT molecular complexity index is 882. The molecule has 0 aliphatic carbocycles. The molecule has 0 aliphatic heterocycles. The predicted octanol–water partition coefficient (Wildman–Crippen LogP) is 4.44. The van der Waals surface area contributed by atoms with Gasteiger partial charge in [0.15, 0.2) is 9.84 Å². The van der Waals surface area contributed by atoms with E-state index in [9.17, 15) is 18.3 Å². The van der Waals surface area contributed by atoms with E-state index in [1.54, 1.807) is 20.8 Å². The van der Waals surface area contributed by atoms with Crippen LogP contribution >= 0.6 is 0 Å². The van der Waals surface area contributed by atoms with Crippen molar-refractivity contribution in [1.82, 2.24) is 0 Å². The molecule has 5 heteroatoms. The van der Waals surface area contributed by atoms with E-state index in [2.05, 4.69) is 0 Å². The summed E-state index contributed by atoms with van der Waals surface area (Å²) < 4.78 is 23.5. The molecule has 0 bridgehead atoms. The molecule has 0 fully saturated rings. The first-order valence-corrected chi connectivity index (χ1v) is 11.9. The number of Topliss-reactive ketones (excluding diaryl/α,β-unsaturated/α-hetero) is 1. The van der Waals surface area contributed by atoms with Gasteiger partial charge in [-0.05, 0) is 50.3 Å². The third-order valence-electron chi connectivity index (χ3n) is 5.36. The first-order chi connectivity index (χ1) is 13.6. The summed E-state index contributed by atoms with van der Waals surface area (Å²) in [5, 5.41) is 10.5. The highest BCUT2D eigenvalue weighted by molar-refractivity contribution is 7.91. The minimum Gasteiger partial charge on any atom is -0.381 e. The van der Waals surface area contributed by atoms with Crippen molar-refractivity contribution in [3.63, 3.8) is 0 Å². The lowest BCUT2D eigenvalue weighted by molar-refractivity contribution is -0.118. The molecule has 1 N–H and O–H groups in total. The zero-order valence-electron chi connectivity index (χ0n) is 17.6. The molecule has 0 aromatic heterocycles. The Labute approximate surface area is 174 Å². The van der Waals surface area contributed by atoms with E-state index >= 15 is 0 Å². The third kappa shape index (κ3) is 6.79. The highest BCUT2D eigenvalue weighted by atomic mass is 32.2. The quantitative estimate of drug-likeness (QED) is 0.550. The summed E-state index contributed by atoms with van der Waals surface area (Å²) in [4.78, 5) is 12.2. The van der Waals surface area contributed by atoms with Crippen molar-refractivity contribution in [2.75, 3.05) is 5.75 Å². The van der Waals surface area contributed by atoms with Gasteiger partial charge in [0, 0.05) is 12.8 Å². The third-order valence-corrected chi connectivity index (χ3v) is 7.65. The summed E-state index contributed by atoms with van der Waals surface area (Å²) in [6, 6.07) is 17.0. The Morgan fingerprint density at radius 3 is 2.10 bits per heavy atom. The Balaban J connectivity index is 1.81. The minimum absolute atomic E-state index is 0.152. The molecule has 29 heavy (non-hydrogen) atoms. The van der Waals surface area contributed by atoms with Crippen molar-refractivity contribution in [3.05, 3.63) is 71.3 Å². The molecule has 4 nitrogen and oxygen atoms in total. The van der Waals surface area contributed by atoms with Crippen LogP contribution in [0.1, 0.15) is 63.1 Å². The van der Waals surface area contributed by atoms with Crippen LogP contribution in [-0.2, 0) is 26.7 Å². The van der Waals surface area contributed by atoms with Crippen LogP contribution < -0.4 is 0 Å². The maximum Gasteiger partial charge on any atom is 0.152 e. The molecule has 2 rings (SSSR count). The van der Waals surface area contributed by atoms with Gasteiger partial charge in [0.05, 0.1) is 11.0 Å². The van der Waals surface area contributed by atoms with Crippen LogP contribution in [0.4, 0.5) is 0 Å². The highest BCUT2D eigenvalue weighted by Crippen LogP contribution is 2.29. The van der Waals surface area contributed by atoms with Crippen LogP contribution in [-0.4, -0.2) is 30.3 Å². The summed E-state index contributed by atoms with van der Waals surface area (Å²) >= 11 is 0. The first kappa shape index (κ1) is 23.3. The summed E-state index contributed by atoms with van der Waals surface area (Å²) in [5.74, 6) is 0.348. The highest BCUT2D eigenvalue weighted by Gasteiger charge is 2.25. The van der Waals surface area contributed by atoms with Crippen LogP contribution in [0, 0.1) is 0 Å². The number of benzene rings is 2. The standard InChI is InChI=1S/C24H32O4S/c1-19(2)29(27,28)17-9-5-8-12-23(25)18-20-13-15-22(16-14-20)24(3,26)21-10-6-4-7-11-21/h4,6-7,10-11,13-16,19,26H,5,8-9,12,17-18H2,1-3H3. The monoisotopic (exact) mass is 416 g/mol. The van der Waals surface area contributed by atoms with E-state index in [0.29, 0.717) is 25.7 Å². The smallest absolute Gasteiger partial charge is 0.152 e. The van der Waals surface area contributed by atoms with Crippen LogP contribution in [0.15, 0.2) is 54.6 Å².